The predicted octanol–water partition coefficient (Wildman–Crippen LogP) is 12.1. The van der Waals surface area contributed by atoms with Gasteiger partial charge in [-0.25, -0.2) is 11.0 Å². The summed E-state index contributed by atoms with van der Waals surface area (Å²) in [5, 5.41) is 21.9. The number of benzene rings is 6. The monoisotopic (exact) mass is 648 g/mol. The zero-order chi connectivity index (χ0) is 34.4. The first-order valence-electron chi connectivity index (χ1n) is 16.4. The molecule has 0 unspecified atom stereocenters. The second-order valence-electron chi connectivity index (χ2n) is 11.6. The summed E-state index contributed by atoms with van der Waals surface area (Å²) < 4.78 is 0. The minimum atomic E-state index is 0.539. The fourth-order valence-corrected chi connectivity index (χ4v) is 5.54. The van der Waals surface area contributed by atoms with Gasteiger partial charge in [-0.1, -0.05) is 193 Å². The van der Waals surface area contributed by atoms with Crippen LogP contribution in [0.3, 0.4) is 0 Å². The van der Waals surface area contributed by atoms with E-state index in [-0.39, 0.29) is 0 Å². The van der Waals surface area contributed by atoms with Crippen LogP contribution in [0.5, 0.6) is 0 Å². The highest BCUT2D eigenvalue weighted by atomic mass is 16.5. The number of hydrogen-bond acceptors (Lipinski definition) is 2. The maximum absolute atomic E-state index is 11.1. The summed E-state index contributed by atoms with van der Waals surface area (Å²) in [6.45, 7) is 0. The molecule has 0 heterocycles. The predicted molar refractivity (Wildman–Crippen MR) is 212 cm³/mol. The molecule has 0 aromatic heterocycles. The van der Waals surface area contributed by atoms with Crippen molar-refractivity contribution in [1.29, 1.82) is 0 Å². The Morgan fingerprint density at radius 1 is 0.280 bits per heavy atom. The average Bonchev–Trinajstić information content (AvgIpc) is 3.18. The lowest BCUT2D eigenvalue weighted by Gasteiger charge is -2.05. The summed E-state index contributed by atoms with van der Waals surface area (Å²) in [6, 6.07) is 48.1. The van der Waals surface area contributed by atoms with Crippen LogP contribution in [-0.2, 0) is 10.4 Å². The van der Waals surface area contributed by atoms with Crippen molar-refractivity contribution in [1.82, 2.24) is 0 Å². The molecule has 0 amide bonds. The Kier molecular flexibility index (Phi) is 11.4. The van der Waals surface area contributed by atoms with Gasteiger partial charge in [0.05, 0.1) is 11.4 Å². The molecular weight excluding hydrogens is 613 g/mol. The second kappa shape index (κ2) is 17.1. The summed E-state index contributed by atoms with van der Waals surface area (Å²) in [7, 11) is 0. The number of hydrogen-bond donors (Lipinski definition) is 2. The van der Waals surface area contributed by atoms with Crippen molar-refractivity contribution in [3.8, 4) is 0 Å². The van der Waals surface area contributed by atoms with Gasteiger partial charge in [0.25, 0.3) is 0 Å². The fraction of sp³-hybridized carbons (Fsp3) is 0. The van der Waals surface area contributed by atoms with Crippen LogP contribution in [0.25, 0.3) is 60.8 Å². The number of rotatable bonds is 12. The molecule has 6 aromatic carbocycles. The third-order valence-corrected chi connectivity index (χ3v) is 8.26. The van der Waals surface area contributed by atoms with E-state index in [1.165, 1.54) is 0 Å². The average molecular weight is 649 g/mol. The first-order chi connectivity index (χ1) is 24.7. The van der Waals surface area contributed by atoms with E-state index >= 15 is 0 Å². The van der Waals surface area contributed by atoms with E-state index in [0.717, 1.165) is 55.6 Å². The molecule has 0 aliphatic carbocycles. The van der Waals surface area contributed by atoms with E-state index < -0.39 is 0 Å². The lowest BCUT2D eigenvalue weighted by atomic mass is 10.00. The Bertz CT molecular complexity index is 2190. The van der Waals surface area contributed by atoms with Crippen molar-refractivity contribution < 1.29 is 10.4 Å². The molecule has 0 spiro atoms. The molecule has 4 nitrogen and oxygen atoms in total. The molecule has 50 heavy (non-hydrogen) atoms. The van der Waals surface area contributed by atoms with Gasteiger partial charge < -0.3 is 0 Å². The Balaban J connectivity index is 1.20. The van der Waals surface area contributed by atoms with Gasteiger partial charge in [0.1, 0.15) is 0 Å². The van der Waals surface area contributed by atoms with Crippen LogP contribution in [0, 0.1) is 0 Å². The highest BCUT2D eigenvalue weighted by Gasteiger charge is 2.01. The molecule has 6 rings (SSSR count). The van der Waals surface area contributed by atoms with Crippen LogP contribution in [0.1, 0.15) is 55.6 Å². The van der Waals surface area contributed by atoms with Crippen LogP contribution in [-0.4, -0.2) is 0 Å². The summed E-state index contributed by atoms with van der Waals surface area (Å²) >= 11 is 0. The van der Waals surface area contributed by atoms with E-state index in [4.69, 9.17) is 0 Å². The number of anilines is 2. The quantitative estimate of drug-likeness (QED) is 0.102. The Morgan fingerprint density at radius 3 is 0.940 bits per heavy atom. The van der Waals surface area contributed by atoms with Gasteiger partial charge in [0, 0.05) is 0 Å². The highest BCUT2D eigenvalue weighted by molar-refractivity contribution is 5.86. The van der Waals surface area contributed by atoms with E-state index in [1.807, 2.05) is 77.7 Å². The van der Waals surface area contributed by atoms with Crippen molar-refractivity contribution in [2.75, 3.05) is 11.0 Å². The zero-order valence-corrected chi connectivity index (χ0v) is 27.4. The molecule has 242 valence electrons. The SMILES string of the molecule is [O]Nc1ccc(/C=C/c2ccccc2/C=C/c2ccccc2/C=C\c2ccccc2/C=C/c2ccccc2/C=C/c2cccc(N[O])c2)cc1. The first-order valence-corrected chi connectivity index (χ1v) is 16.4. The molecule has 6 aromatic rings. The molecule has 0 aliphatic rings. The van der Waals surface area contributed by atoms with Crippen molar-refractivity contribution >= 4 is 72.1 Å². The highest BCUT2D eigenvalue weighted by Crippen LogP contribution is 2.23. The van der Waals surface area contributed by atoms with E-state index in [9.17, 15) is 10.4 Å². The van der Waals surface area contributed by atoms with Gasteiger partial charge in [-0.05, 0) is 79.9 Å². The number of nitrogens with one attached hydrogen (secondary N) is 2. The van der Waals surface area contributed by atoms with Crippen LogP contribution < -0.4 is 11.0 Å². The topological polar surface area (TPSA) is 63.9 Å². The van der Waals surface area contributed by atoms with Crippen molar-refractivity contribution in [3.63, 3.8) is 0 Å². The molecule has 0 saturated carbocycles. The Labute approximate surface area is 294 Å². The first kappa shape index (κ1) is 33.4. The lowest BCUT2D eigenvalue weighted by molar-refractivity contribution is 0.274. The Morgan fingerprint density at radius 2 is 0.600 bits per heavy atom. The van der Waals surface area contributed by atoms with E-state index in [1.54, 1.807) is 18.2 Å². The second-order valence-corrected chi connectivity index (χ2v) is 11.6. The van der Waals surface area contributed by atoms with Gasteiger partial charge in [0.2, 0.25) is 0 Å². The van der Waals surface area contributed by atoms with E-state index in [2.05, 4.69) is 121 Å². The molecule has 0 fully saturated rings. The smallest absolute Gasteiger partial charge is 0.0641 e. The molecule has 2 N–H and O–H groups in total. The Hall–Kier alpha value is -6.46. The maximum Gasteiger partial charge on any atom is 0.0641 e. The minimum Gasteiger partial charge on any atom is -0.233 e. The van der Waals surface area contributed by atoms with Crippen molar-refractivity contribution in [2.24, 2.45) is 0 Å². The third kappa shape index (κ3) is 9.12. The van der Waals surface area contributed by atoms with Crippen molar-refractivity contribution in [2.45, 2.75) is 0 Å². The molecule has 0 saturated heterocycles. The molecule has 2 radical (unpaired) electrons. The summed E-state index contributed by atoms with van der Waals surface area (Å²) in [5.74, 6) is 0. The fourth-order valence-electron chi connectivity index (χ4n) is 5.54. The molecule has 0 aliphatic heterocycles. The standard InChI is InChI=1S/C46H36N2O2/c49-47-45-32-22-35(23-33-45)20-24-37-11-1-3-13-39(37)26-28-41-15-5-7-17-43(41)30-31-44-18-8-6-16-42(44)29-27-40-14-4-2-12-38(40)25-21-36-10-9-19-46(34-36)48-50/h1-34,47-48H/b24-20+,25-21+,28-26+,29-27+,31-30-. The van der Waals surface area contributed by atoms with Crippen LogP contribution in [0.4, 0.5) is 11.4 Å². The van der Waals surface area contributed by atoms with Crippen LogP contribution in [0.2, 0.25) is 0 Å². The van der Waals surface area contributed by atoms with Crippen LogP contribution >= 0.6 is 0 Å². The van der Waals surface area contributed by atoms with Crippen molar-refractivity contribution in [3.05, 3.63) is 201 Å². The minimum absolute atomic E-state index is 0.539. The summed E-state index contributed by atoms with van der Waals surface area (Å²) in [6.07, 6.45) is 21.2. The summed E-state index contributed by atoms with van der Waals surface area (Å²) in [4.78, 5) is 0. The van der Waals surface area contributed by atoms with Gasteiger partial charge in [-0.2, -0.15) is 0 Å². The van der Waals surface area contributed by atoms with E-state index in [0.29, 0.717) is 11.4 Å². The third-order valence-electron chi connectivity index (χ3n) is 8.26. The van der Waals surface area contributed by atoms with Gasteiger partial charge in [-0.3, -0.25) is 0 Å². The lowest BCUT2D eigenvalue weighted by Crippen LogP contribution is -1.86. The molecular formula is C46H36N2O2. The van der Waals surface area contributed by atoms with Gasteiger partial charge in [-0.15, -0.1) is 0 Å². The zero-order valence-electron chi connectivity index (χ0n) is 27.4. The maximum atomic E-state index is 11.1. The van der Waals surface area contributed by atoms with Gasteiger partial charge >= 0.3 is 0 Å². The summed E-state index contributed by atoms with van der Waals surface area (Å²) in [5.41, 5.74) is 15.8. The molecule has 0 atom stereocenters. The van der Waals surface area contributed by atoms with Crippen LogP contribution in [0.15, 0.2) is 146 Å². The largest absolute Gasteiger partial charge is 0.233 e. The normalized spacial score (nSPS) is 11.8. The van der Waals surface area contributed by atoms with Gasteiger partial charge in [0.15, 0.2) is 0 Å². The molecule has 0 bridgehead atoms. The molecule has 4 heteroatoms.